The summed E-state index contributed by atoms with van der Waals surface area (Å²) in [7, 11) is 0. The van der Waals surface area contributed by atoms with E-state index in [0.29, 0.717) is 40.3 Å². The van der Waals surface area contributed by atoms with Gasteiger partial charge in [0.25, 0.3) is 5.69 Å². The first kappa shape index (κ1) is 23.0. The molecule has 0 saturated carbocycles. The molecule has 3 aromatic rings. The quantitative estimate of drug-likeness (QED) is 0.151. The third-order valence-electron chi connectivity index (χ3n) is 4.62. The minimum atomic E-state index is -0.472. The van der Waals surface area contributed by atoms with E-state index in [1.807, 2.05) is 44.2 Å². The normalized spacial score (nSPS) is 11.0. The smallest absolute Gasteiger partial charge is 0.269 e. The Hall–Kier alpha value is -3.63. The zero-order valence-corrected chi connectivity index (χ0v) is 19.3. The number of hydrogen-bond donors (Lipinski definition) is 0. The maximum absolute atomic E-state index is 10.9. The lowest BCUT2D eigenvalue weighted by Gasteiger charge is -2.15. The number of benzene rings is 3. The van der Waals surface area contributed by atoms with Gasteiger partial charge in [0.1, 0.15) is 6.61 Å². The molecule has 0 bridgehead atoms. The zero-order chi connectivity index (χ0) is 23.1. The molecule has 0 spiro atoms. The minimum Gasteiger partial charge on any atom is -0.490 e. The van der Waals surface area contributed by atoms with Crippen LogP contribution < -0.4 is 9.47 Å². The van der Waals surface area contributed by atoms with E-state index in [4.69, 9.17) is 9.47 Å². The maximum atomic E-state index is 10.9. The van der Waals surface area contributed by atoms with Gasteiger partial charge in [0.05, 0.1) is 27.6 Å². The second-order valence-electron chi connectivity index (χ2n) is 7.01. The van der Waals surface area contributed by atoms with E-state index in [0.717, 1.165) is 16.7 Å². The van der Waals surface area contributed by atoms with E-state index in [-0.39, 0.29) is 5.69 Å². The lowest BCUT2D eigenvalue weighted by molar-refractivity contribution is -0.384. The molecule has 0 unspecified atom stereocenters. The van der Waals surface area contributed by atoms with E-state index in [2.05, 4.69) is 28.1 Å². The van der Waals surface area contributed by atoms with Crippen LogP contribution in [0.2, 0.25) is 0 Å². The van der Waals surface area contributed by atoms with Crippen molar-refractivity contribution in [2.75, 3.05) is 6.61 Å². The molecule has 0 N–H and O–H groups in total. The Balaban J connectivity index is 1.91. The summed E-state index contributed by atoms with van der Waals surface area (Å²) in [5.74, 6) is 1.14. The molecule has 0 amide bonds. The van der Waals surface area contributed by atoms with Gasteiger partial charge in [0.15, 0.2) is 11.5 Å². The summed E-state index contributed by atoms with van der Waals surface area (Å²) in [6.07, 6.45) is 1.71. The Morgan fingerprint density at radius 3 is 2.53 bits per heavy atom. The fraction of sp³-hybridized carbons (Fsp3) is 0.160. The fourth-order valence-corrected chi connectivity index (χ4v) is 3.72. The molecule has 0 aliphatic rings. The van der Waals surface area contributed by atoms with Crippen molar-refractivity contribution in [2.24, 2.45) is 0 Å². The topological polar surface area (TPSA) is 85.4 Å². The fourth-order valence-electron chi connectivity index (χ4n) is 3.14. The van der Waals surface area contributed by atoms with Crippen LogP contribution in [0.4, 0.5) is 5.69 Å². The number of ether oxygens (including phenoxy) is 2. The largest absolute Gasteiger partial charge is 0.490 e. The molecule has 6 nitrogen and oxygen atoms in total. The summed E-state index contributed by atoms with van der Waals surface area (Å²) in [4.78, 5) is 10.4. The van der Waals surface area contributed by atoms with Gasteiger partial charge in [0, 0.05) is 12.1 Å². The summed E-state index contributed by atoms with van der Waals surface area (Å²) in [5, 5.41) is 20.5. The monoisotopic (exact) mass is 492 g/mol. The van der Waals surface area contributed by atoms with E-state index in [9.17, 15) is 15.4 Å². The molecule has 162 valence electrons. The molecule has 0 aliphatic carbocycles. The van der Waals surface area contributed by atoms with Crippen molar-refractivity contribution in [1.82, 2.24) is 0 Å². The number of hydrogen-bond acceptors (Lipinski definition) is 5. The highest BCUT2D eigenvalue weighted by atomic mass is 79.9. The molecular weight excluding hydrogens is 472 g/mol. The van der Waals surface area contributed by atoms with Crippen molar-refractivity contribution in [3.05, 3.63) is 97.5 Å². The molecule has 0 atom stereocenters. The van der Waals surface area contributed by atoms with E-state index >= 15 is 0 Å². The van der Waals surface area contributed by atoms with E-state index < -0.39 is 4.92 Å². The summed E-state index contributed by atoms with van der Waals surface area (Å²) < 4.78 is 12.5. The Labute approximate surface area is 195 Å². The first-order valence-electron chi connectivity index (χ1n) is 9.92. The number of allylic oxidation sites excluding steroid dienone is 1. The second-order valence-corrected chi connectivity index (χ2v) is 7.87. The first-order chi connectivity index (χ1) is 15.4. The van der Waals surface area contributed by atoms with Gasteiger partial charge in [-0.05, 0) is 76.8 Å². The number of nitrogens with zero attached hydrogens (tertiary/aromatic N) is 2. The maximum Gasteiger partial charge on any atom is 0.269 e. The molecule has 3 rings (SSSR count). The van der Waals surface area contributed by atoms with Crippen LogP contribution in [0, 0.1) is 28.4 Å². The van der Waals surface area contributed by atoms with Gasteiger partial charge >= 0.3 is 0 Å². The number of nitro groups is 1. The average Bonchev–Trinajstić information content (AvgIpc) is 2.77. The van der Waals surface area contributed by atoms with Crippen LogP contribution >= 0.6 is 15.9 Å². The highest BCUT2D eigenvalue weighted by Gasteiger charge is 2.13. The van der Waals surface area contributed by atoms with Gasteiger partial charge in [0.2, 0.25) is 0 Å². The summed E-state index contributed by atoms with van der Waals surface area (Å²) in [6, 6.07) is 19.8. The first-order valence-corrected chi connectivity index (χ1v) is 10.7. The predicted molar refractivity (Wildman–Crippen MR) is 127 cm³/mol. The molecule has 0 fully saturated rings. The number of rotatable bonds is 8. The molecule has 0 aliphatic heterocycles. The van der Waals surface area contributed by atoms with Gasteiger partial charge in [-0.1, -0.05) is 29.8 Å². The third-order valence-corrected chi connectivity index (χ3v) is 5.21. The molecule has 0 aromatic heterocycles. The van der Waals surface area contributed by atoms with Gasteiger partial charge in [-0.3, -0.25) is 10.1 Å². The summed E-state index contributed by atoms with van der Waals surface area (Å²) >= 11 is 3.56. The van der Waals surface area contributed by atoms with Crippen LogP contribution in [0.3, 0.4) is 0 Å². The molecule has 7 heteroatoms. The Morgan fingerprint density at radius 2 is 1.91 bits per heavy atom. The molecule has 32 heavy (non-hydrogen) atoms. The third kappa shape index (κ3) is 5.74. The molecule has 0 saturated heterocycles. The standard InChI is InChI=1S/C25H21BrN2O4/c1-3-31-24-14-19(12-21(15-27)20-7-9-22(10-8-20)28(29)30)13-23(26)25(24)32-16-18-6-4-5-17(2)11-18/h4-14H,3,16H2,1-2H3/b21-12-. The van der Waals surface area contributed by atoms with Crippen LogP contribution in [0.1, 0.15) is 29.2 Å². The summed E-state index contributed by atoms with van der Waals surface area (Å²) in [6.45, 7) is 4.76. The minimum absolute atomic E-state index is 0.0254. The number of nitriles is 1. The van der Waals surface area contributed by atoms with Gasteiger partial charge in [-0.25, -0.2) is 0 Å². The van der Waals surface area contributed by atoms with Crippen LogP contribution in [-0.4, -0.2) is 11.5 Å². The van der Waals surface area contributed by atoms with Gasteiger partial charge < -0.3 is 9.47 Å². The van der Waals surface area contributed by atoms with Crippen molar-refractivity contribution in [3.63, 3.8) is 0 Å². The Bertz CT molecular complexity index is 1200. The van der Waals surface area contributed by atoms with E-state index in [1.54, 1.807) is 18.2 Å². The predicted octanol–water partition coefficient (Wildman–Crippen LogP) is 6.71. The Morgan fingerprint density at radius 1 is 1.16 bits per heavy atom. The molecular formula is C25H21BrN2O4. The van der Waals surface area contributed by atoms with Crippen LogP contribution in [0.5, 0.6) is 11.5 Å². The molecule has 3 aromatic carbocycles. The van der Waals surface area contributed by atoms with Crippen LogP contribution in [0.15, 0.2) is 65.1 Å². The lowest BCUT2D eigenvalue weighted by atomic mass is 10.0. The van der Waals surface area contributed by atoms with Gasteiger partial charge in [-0.15, -0.1) is 0 Å². The second kappa shape index (κ2) is 10.6. The van der Waals surface area contributed by atoms with Crippen LogP contribution in [0.25, 0.3) is 11.6 Å². The number of non-ortho nitro benzene ring substituents is 1. The van der Waals surface area contributed by atoms with Crippen molar-refractivity contribution >= 4 is 33.3 Å². The zero-order valence-electron chi connectivity index (χ0n) is 17.7. The molecule has 0 heterocycles. The lowest BCUT2D eigenvalue weighted by Crippen LogP contribution is -2.01. The van der Waals surface area contributed by atoms with Crippen molar-refractivity contribution in [3.8, 4) is 17.6 Å². The average molecular weight is 493 g/mol. The van der Waals surface area contributed by atoms with Gasteiger partial charge in [-0.2, -0.15) is 5.26 Å². The number of halogens is 1. The van der Waals surface area contributed by atoms with Crippen molar-refractivity contribution in [1.29, 1.82) is 5.26 Å². The van der Waals surface area contributed by atoms with Crippen molar-refractivity contribution < 1.29 is 14.4 Å². The van der Waals surface area contributed by atoms with E-state index in [1.165, 1.54) is 12.1 Å². The highest BCUT2D eigenvalue weighted by Crippen LogP contribution is 2.38. The van der Waals surface area contributed by atoms with Crippen LogP contribution in [-0.2, 0) is 6.61 Å². The highest BCUT2D eigenvalue weighted by molar-refractivity contribution is 9.10. The van der Waals surface area contributed by atoms with Crippen molar-refractivity contribution in [2.45, 2.75) is 20.5 Å². The summed E-state index contributed by atoms with van der Waals surface area (Å²) in [5.41, 5.74) is 3.88. The molecule has 0 radical (unpaired) electrons. The SMILES string of the molecule is CCOc1cc(/C=C(/C#N)c2ccc([N+](=O)[O-])cc2)cc(Br)c1OCc1cccc(C)c1. The Kier molecular flexibility index (Phi) is 7.63. The number of nitro benzene ring substituents is 1. The number of aryl methyl sites for hydroxylation is 1.